The van der Waals surface area contributed by atoms with E-state index in [0.29, 0.717) is 29.2 Å². The Balaban J connectivity index is 1.67. The number of ether oxygens (including phenoxy) is 4. The monoisotopic (exact) mass is 425 g/mol. The van der Waals surface area contributed by atoms with Crippen molar-refractivity contribution < 1.29 is 28.5 Å². The van der Waals surface area contributed by atoms with Crippen LogP contribution in [0.15, 0.2) is 36.4 Å². The molecule has 0 aliphatic carbocycles. The predicted molar refractivity (Wildman–Crippen MR) is 117 cm³/mol. The average Bonchev–Trinajstić information content (AvgIpc) is 3.11. The molecule has 1 atom stereocenters. The van der Waals surface area contributed by atoms with Gasteiger partial charge in [0.15, 0.2) is 17.6 Å². The largest absolute Gasteiger partial charge is 0.493 e. The fraction of sp³-hybridized carbons (Fsp3) is 0.333. The van der Waals surface area contributed by atoms with Gasteiger partial charge in [-0.25, -0.2) is 0 Å². The Morgan fingerprint density at radius 2 is 1.65 bits per heavy atom. The first-order valence-corrected chi connectivity index (χ1v) is 9.99. The van der Waals surface area contributed by atoms with Gasteiger partial charge >= 0.3 is 5.97 Å². The Morgan fingerprint density at radius 1 is 1.00 bits per heavy atom. The second-order valence-electron chi connectivity index (χ2n) is 7.20. The molecular weight excluding hydrogens is 398 g/mol. The van der Waals surface area contributed by atoms with E-state index in [1.165, 1.54) is 21.3 Å². The summed E-state index contributed by atoms with van der Waals surface area (Å²) in [4.78, 5) is 28.6. The maximum Gasteiger partial charge on any atom is 0.306 e. The van der Waals surface area contributed by atoms with Crippen LogP contribution < -0.4 is 14.2 Å². The molecule has 31 heavy (non-hydrogen) atoms. The number of aromatic amines is 1. The number of carbonyl (C=O) groups excluding carboxylic acids is 2. The number of Topliss-reactive ketones (excluding diaryl/α,β-unsaturated/α-hetero) is 1. The molecule has 0 unspecified atom stereocenters. The van der Waals surface area contributed by atoms with Gasteiger partial charge in [-0.05, 0) is 44.0 Å². The van der Waals surface area contributed by atoms with E-state index in [-0.39, 0.29) is 12.2 Å². The Hall–Kier alpha value is -3.48. The highest BCUT2D eigenvalue weighted by Gasteiger charge is 2.24. The first-order valence-electron chi connectivity index (χ1n) is 9.99. The van der Waals surface area contributed by atoms with Crippen LogP contribution in [-0.2, 0) is 16.0 Å². The summed E-state index contributed by atoms with van der Waals surface area (Å²) in [6.45, 7) is 3.44. The summed E-state index contributed by atoms with van der Waals surface area (Å²) in [7, 11) is 4.61. The third kappa shape index (κ3) is 4.66. The number of rotatable bonds is 9. The standard InChI is InChI=1S/C24H27NO6/c1-14-22(17-8-6-7-9-18(17)25-14)23(27)15(2)31-21(26)11-10-16-12-19(28-3)24(30-5)20(13-16)29-4/h6-9,12-13,15,25H,10-11H2,1-5H3/t15-/m1/s1. The van der Waals surface area contributed by atoms with Crippen LogP contribution in [0.5, 0.6) is 17.2 Å². The lowest BCUT2D eigenvalue weighted by molar-refractivity contribution is -0.146. The van der Waals surface area contributed by atoms with Gasteiger partial charge in [0.1, 0.15) is 0 Å². The van der Waals surface area contributed by atoms with Crippen molar-refractivity contribution >= 4 is 22.7 Å². The molecule has 3 rings (SSSR count). The third-order valence-electron chi connectivity index (χ3n) is 5.16. The van der Waals surface area contributed by atoms with Gasteiger partial charge < -0.3 is 23.9 Å². The molecule has 0 amide bonds. The summed E-state index contributed by atoms with van der Waals surface area (Å²) in [5.41, 5.74) is 3.02. The van der Waals surface area contributed by atoms with Gasteiger partial charge in [-0.15, -0.1) is 0 Å². The topological polar surface area (TPSA) is 86.9 Å². The van der Waals surface area contributed by atoms with E-state index in [1.807, 2.05) is 31.2 Å². The van der Waals surface area contributed by atoms with Crippen LogP contribution in [0.25, 0.3) is 10.9 Å². The normalized spacial score (nSPS) is 11.8. The Kier molecular flexibility index (Phi) is 6.84. The molecule has 0 spiro atoms. The molecule has 3 aromatic rings. The average molecular weight is 425 g/mol. The van der Waals surface area contributed by atoms with Crippen molar-refractivity contribution in [1.29, 1.82) is 0 Å². The van der Waals surface area contributed by atoms with E-state index in [9.17, 15) is 9.59 Å². The second kappa shape index (κ2) is 9.55. The molecule has 1 N–H and O–H groups in total. The quantitative estimate of drug-likeness (QED) is 0.407. The van der Waals surface area contributed by atoms with Crippen LogP contribution in [0.1, 0.15) is 35.0 Å². The summed E-state index contributed by atoms with van der Waals surface area (Å²) in [6.07, 6.45) is -0.364. The van der Waals surface area contributed by atoms with Crippen molar-refractivity contribution in [2.45, 2.75) is 32.8 Å². The highest BCUT2D eigenvalue weighted by Crippen LogP contribution is 2.38. The number of benzene rings is 2. The molecule has 7 nitrogen and oxygen atoms in total. The first-order chi connectivity index (χ1) is 14.9. The minimum Gasteiger partial charge on any atom is -0.493 e. The maximum atomic E-state index is 12.9. The van der Waals surface area contributed by atoms with Gasteiger partial charge in [0.25, 0.3) is 0 Å². The predicted octanol–water partition coefficient (Wildman–Crippen LogP) is 4.25. The molecule has 0 bridgehead atoms. The van der Waals surface area contributed by atoms with Crippen molar-refractivity contribution in [3.8, 4) is 17.2 Å². The van der Waals surface area contributed by atoms with Crippen molar-refractivity contribution in [1.82, 2.24) is 4.98 Å². The minimum atomic E-state index is -0.884. The zero-order valence-corrected chi connectivity index (χ0v) is 18.4. The number of aryl methyl sites for hydroxylation is 2. The Bertz CT molecular complexity index is 1080. The molecule has 0 aliphatic rings. The minimum absolute atomic E-state index is 0.114. The summed E-state index contributed by atoms with van der Waals surface area (Å²) in [6, 6.07) is 11.1. The van der Waals surface area contributed by atoms with E-state index in [0.717, 1.165) is 22.2 Å². The first kappa shape index (κ1) is 22.2. The highest BCUT2D eigenvalue weighted by molar-refractivity contribution is 6.11. The zero-order chi connectivity index (χ0) is 22.5. The van der Waals surface area contributed by atoms with Gasteiger partial charge in [0, 0.05) is 28.6 Å². The van der Waals surface area contributed by atoms with Gasteiger partial charge in [-0.1, -0.05) is 18.2 Å². The summed E-state index contributed by atoms with van der Waals surface area (Å²) >= 11 is 0. The van der Waals surface area contributed by atoms with Crippen LogP contribution in [0.3, 0.4) is 0 Å². The molecule has 0 aliphatic heterocycles. The number of fused-ring (bicyclic) bond motifs is 1. The van der Waals surface area contributed by atoms with E-state index in [1.54, 1.807) is 19.1 Å². The van der Waals surface area contributed by atoms with Crippen molar-refractivity contribution in [3.63, 3.8) is 0 Å². The van der Waals surface area contributed by atoms with Crippen LogP contribution in [-0.4, -0.2) is 44.2 Å². The highest BCUT2D eigenvalue weighted by atomic mass is 16.5. The number of methoxy groups -OCH3 is 3. The molecule has 2 aromatic carbocycles. The molecule has 0 radical (unpaired) electrons. The van der Waals surface area contributed by atoms with Gasteiger partial charge in [0.05, 0.1) is 21.3 Å². The Labute approximate surface area is 181 Å². The van der Waals surface area contributed by atoms with Crippen molar-refractivity contribution in [2.24, 2.45) is 0 Å². The molecule has 1 heterocycles. The van der Waals surface area contributed by atoms with Crippen LogP contribution in [0, 0.1) is 6.92 Å². The summed E-state index contributed by atoms with van der Waals surface area (Å²) in [5.74, 6) is 0.847. The van der Waals surface area contributed by atoms with Gasteiger partial charge in [-0.3, -0.25) is 9.59 Å². The van der Waals surface area contributed by atoms with E-state index < -0.39 is 12.1 Å². The Morgan fingerprint density at radius 3 is 2.26 bits per heavy atom. The number of nitrogens with one attached hydrogen (secondary N) is 1. The van der Waals surface area contributed by atoms with E-state index >= 15 is 0 Å². The lowest BCUT2D eigenvalue weighted by Crippen LogP contribution is -2.25. The van der Waals surface area contributed by atoms with Crippen LogP contribution in [0.4, 0.5) is 0 Å². The molecular formula is C24H27NO6. The summed E-state index contributed by atoms with van der Waals surface area (Å²) in [5, 5.41) is 0.824. The maximum absolute atomic E-state index is 12.9. The number of aromatic nitrogens is 1. The number of H-pyrrole nitrogens is 1. The second-order valence-corrected chi connectivity index (χ2v) is 7.20. The van der Waals surface area contributed by atoms with Crippen LogP contribution >= 0.6 is 0 Å². The molecule has 1 aromatic heterocycles. The molecule has 164 valence electrons. The van der Waals surface area contributed by atoms with Crippen molar-refractivity contribution in [3.05, 3.63) is 53.2 Å². The SMILES string of the molecule is COc1cc(CCC(=O)O[C@H](C)C(=O)c2c(C)[nH]c3ccccc23)cc(OC)c1OC. The molecule has 7 heteroatoms. The van der Waals surface area contributed by atoms with Gasteiger partial charge in [0.2, 0.25) is 11.5 Å². The molecule has 0 fully saturated rings. The zero-order valence-electron chi connectivity index (χ0n) is 18.4. The lowest BCUT2D eigenvalue weighted by atomic mass is 10.0. The fourth-order valence-electron chi connectivity index (χ4n) is 3.63. The number of para-hydroxylation sites is 1. The summed E-state index contributed by atoms with van der Waals surface area (Å²) < 4.78 is 21.4. The third-order valence-corrected chi connectivity index (χ3v) is 5.16. The van der Waals surface area contributed by atoms with E-state index in [2.05, 4.69) is 4.98 Å². The fourth-order valence-corrected chi connectivity index (χ4v) is 3.63. The van der Waals surface area contributed by atoms with Crippen LogP contribution in [0.2, 0.25) is 0 Å². The number of hydrogen-bond acceptors (Lipinski definition) is 6. The number of ketones is 1. The van der Waals surface area contributed by atoms with E-state index in [4.69, 9.17) is 18.9 Å². The molecule has 0 saturated carbocycles. The molecule has 0 saturated heterocycles. The lowest BCUT2D eigenvalue weighted by Gasteiger charge is -2.15. The van der Waals surface area contributed by atoms with Crippen molar-refractivity contribution in [2.75, 3.05) is 21.3 Å². The van der Waals surface area contributed by atoms with Gasteiger partial charge in [-0.2, -0.15) is 0 Å². The number of hydrogen-bond donors (Lipinski definition) is 1. The smallest absolute Gasteiger partial charge is 0.306 e. The number of carbonyl (C=O) groups is 2. The number of esters is 1.